The van der Waals surface area contributed by atoms with Crippen molar-refractivity contribution in [1.82, 2.24) is 4.90 Å². The number of carbonyl (C=O) groups excluding carboxylic acids is 1. The highest BCUT2D eigenvalue weighted by molar-refractivity contribution is 5.79. The Kier molecular flexibility index (Phi) is 4.68. The molecule has 1 aromatic carbocycles. The van der Waals surface area contributed by atoms with E-state index in [1.165, 1.54) is 12.1 Å². The summed E-state index contributed by atoms with van der Waals surface area (Å²) < 4.78 is 18.4. The summed E-state index contributed by atoms with van der Waals surface area (Å²) in [7, 11) is 0. The van der Waals surface area contributed by atoms with Crippen LogP contribution in [0.4, 0.5) is 4.39 Å². The van der Waals surface area contributed by atoms with Crippen LogP contribution in [0.25, 0.3) is 0 Å². The Hall–Kier alpha value is -1.95. The zero-order valence-electron chi connectivity index (χ0n) is 10.9. The standard InChI is InChI=1S/C14H16FNO4/c15-11-3-1-2-10(6-11)7-13(17)16-4-5-20-12(9-16)8-14(18)19/h1-3,6,12H,4-5,7-9H2,(H,18,19)/t12-/m0/s1. The van der Waals surface area contributed by atoms with E-state index >= 15 is 0 Å². The Morgan fingerprint density at radius 1 is 1.45 bits per heavy atom. The number of aliphatic carboxylic acids is 1. The Morgan fingerprint density at radius 2 is 2.25 bits per heavy atom. The number of morpholine rings is 1. The van der Waals surface area contributed by atoms with E-state index in [9.17, 15) is 14.0 Å². The number of nitrogens with zero attached hydrogens (tertiary/aromatic N) is 1. The Bertz CT molecular complexity index is 506. The first-order valence-corrected chi connectivity index (χ1v) is 6.40. The van der Waals surface area contributed by atoms with Crippen LogP contribution in [0.15, 0.2) is 24.3 Å². The van der Waals surface area contributed by atoms with Gasteiger partial charge in [-0.1, -0.05) is 12.1 Å². The fourth-order valence-electron chi connectivity index (χ4n) is 2.20. The van der Waals surface area contributed by atoms with Gasteiger partial charge in [-0.05, 0) is 17.7 Å². The lowest BCUT2D eigenvalue weighted by atomic mass is 10.1. The van der Waals surface area contributed by atoms with Crippen LogP contribution in [-0.4, -0.2) is 47.7 Å². The van der Waals surface area contributed by atoms with Gasteiger partial charge in [-0.15, -0.1) is 0 Å². The smallest absolute Gasteiger partial charge is 0.306 e. The summed E-state index contributed by atoms with van der Waals surface area (Å²) in [5.74, 6) is -1.47. The Morgan fingerprint density at radius 3 is 2.95 bits per heavy atom. The normalized spacial score (nSPS) is 18.9. The van der Waals surface area contributed by atoms with E-state index in [1.54, 1.807) is 17.0 Å². The monoisotopic (exact) mass is 281 g/mol. The molecule has 0 aromatic heterocycles. The molecule has 2 rings (SSSR count). The van der Waals surface area contributed by atoms with Crippen molar-refractivity contribution in [3.8, 4) is 0 Å². The van der Waals surface area contributed by atoms with E-state index in [4.69, 9.17) is 9.84 Å². The lowest BCUT2D eigenvalue weighted by Crippen LogP contribution is -2.46. The van der Waals surface area contributed by atoms with E-state index in [-0.39, 0.29) is 31.1 Å². The van der Waals surface area contributed by atoms with Crippen LogP contribution in [0, 0.1) is 5.82 Å². The number of carbonyl (C=O) groups is 2. The van der Waals surface area contributed by atoms with Crippen LogP contribution in [0.1, 0.15) is 12.0 Å². The van der Waals surface area contributed by atoms with Crippen molar-refractivity contribution in [2.24, 2.45) is 0 Å². The molecule has 5 nitrogen and oxygen atoms in total. The largest absolute Gasteiger partial charge is 0.481 e. The Labute approximate surface area is 116 Å². The molecule has 1 heterocycles. The maximum Gasteiger partial charge on any atom is 0.306 e. The van der Waals surface area contributed by atoms with Crippen LogP contribution in [0.2, 0.25) is 0 Å². The second-order valence-corrected chi connectivity index (χ2v) is 4.74. The molecule has 1 atom stereocenters. The van der Waals surface area contributed by atoms with Gasteiger partial charge in [0.25, 0.3) is 0 Å². The first-order chi connectivity index (χ1) is 9.54. The number of amides is 1. The highest BCUT2D eigenvalue weighted by atomic mass is 19.1. The molecule has 20 heavy (non-hydrogen) atoms. The zero-order chi connectivity index (χ0) is 14.5. The third-order valence-corrected chi connectivity index (χ3v) is 3.14. The molecule has 1 fully saturated rings. The number of carboxylic acids is 1. The molecular weight excluding hydrogens is 265 g/mol. The first kappa shape index (κ1) is 14.5. The molecule has 0 spiro atoms. The predicted molar refractivity (Wildman–Crippen MR) is 68.7 cm³/mol. The van der Waals surface area contributed by atoms with E-state index in [0.717, 1.165) is 0 Å². The molecule has 0 bridgehead atoms. The molecule has 0 unspecified atom stereocenters. The number of hydrogen-bond acceptors (Lipinski definition) is 3. The fraction of sp³-hybridized carbons (Fsp3) is 0.429. The maximum atomic E-state index is 13.1. The van der Waals surface area contributed by atoms with Gasteiger partial charge in [0, 0.05) is 13.1 Å². The fourth-order valence-corrected chi connectivity index (χ4v) is 2.20. The third kappa shape index (κ3) is 4.03. The first-order valence-electron chi connectivity index (χ1n) is 6.40. The van der Waals surface area contributed by atoms with Crippen molar-refractivity contribution in [1.29, 1.82) is 0 Å². The number of halogens is 1. The molecule has 1 aliphatic rings. The summed E-state index contributed by atoms with van der Waals surface area (Å²) in [6.45, 7) is 1.03. The SMILES string of the molecule is O=C(O)C[C@H]1CN(C(=O)Cc2cccc(F)c2)CCO1. The van der Waals surface area contributed by atoms with E-state index in [2.05, 4.69) is 0 Å². The van der Waals surface area contributed by atoms with E-state index in [0.29, 0.717) is 18.7 Å². The molecular formula is C14H16FNO4. The zero-order valence-corrected chi connectivity index (χ0v) is 10.9. The summed E-state index contributed by atoms with van der Waals surface area (Å²) in [4.78, 5) is 24.3. The minimum atomic E-state index is -0.950. The minimum absolute atomic E-state index is 0.109. The molecule has 1 saturated heterocycles. The average Bonchev–Trinajstić information content (AvgIpc) is 2.38. The molecule has 1 amide bonds. The molecule has 108 valence electrons. The summed E-state index contributed by atoms with van der Waals surface area (Å²) in [6.07, 6.45) is -0.487. The summed E-state index contributed by atoms with van der Waals surface area (Å²) in [5.41, 5.74) is 0.608. The van der Waals surface area contributed by atoms with Crippen LogP contribution < -0.4 is 0 Å². The van der Waals surface area contributed by atoms with E-state index < -0.39 is 12.1 Å². The number of rotatable bonds is 4. The van der Waals surface area contributed by atoms with Gasteiger partial charge in [-0.2, -0.15) is 0 Å². The summed E-state index contributed by atoms with van der Waals surface area (Å²) in [5, 5.41) is 8.73. The van der Waals surface area contributed by atoms with Gasteiger partial charge in [0.1, 0.15) is 5.82 Å². The van der Waals surface area contributed by atoms with Crippen molar-refractivity contribution in [2.75, 3.05) is 19.7 Å². The van der Waals surface area contributed by atoms with Gasteiger partial charge >= 0.3 is 5.97 Å². The van der Waals surface area contributed by atoms with Crippen molar-refractivity contribution < 1.29 is 23.8 Å². The van der Waals surface area contributed by atoms with Gasteiger partial charge < -0.3 is 14.7 Å². The number of ether oxygens (including phenoxy) is 1. The van der Waals surface area contributed by atoms with Crippen molar-refractivity contribution in [2.45, 2.75) is 18.9 Å². The quantitative estimate of drug-likeness (QED) is 0.896. The van der Waals surface area contributed by atoms with Gasteiger partial charge in [-0.25, -0.2) is 4.39 Å². The van der Waals surface area contributed by atoms with Gasteiger partial charge in [-0.3, -0.25) is 9.59 Å². The highest BCUT2D eigenvalue weighted by Crippen LogP contribution is 2.12. The lowest BCUT2D eigenvalue weighted by Gasteiger charge is -2.32. The molecule has 0 aliphatic carbocycles. The van der Waals surface area contributed by atoms with Crippen LogP contribution >= 0.6 is 0 Å². The number of benzene rings is 1. The Balaban J connectivity index is 1.93. The highest BCUT2D eigenvalue weighted by Gasteiger charge is 2.25. The molecule has 6 heteroatoms. The van der Waals surface area contributed by atoms with Crippen LogP contribution in [0.5, 0.6) is 0 Å². The van der Waals surface area contributed by atoms with Crippen LogP contribution in [0.3, 0.4) is 0 Å². The van der Waals surface area contributed by atoms with E-state index in [1.807, 2.05) is 0 Å². The van der Waals surface area contributed by atoms with Gasteiger partial charge in [0.15, 0.2) is 0 Å². The van der Waals surface area contributed by atoms with Crippen molar-refractivity contribution in [3.63, 3.8) is 0 Å². The average molecular weight is 281 g/mol. The lowest BCUT2D eigenvalue weighted by molar-refractivity contribution is -0.147. The van der Waals surface area contributed by atoms with Crippen molar-refractivity contribution >= 4 is 11.9 Å². The number of hydrogen-bond donors (Lipinski definition) is 1. The van der Waals surface area contributed by atoms with Gasteiger partial charge in [0.05, 0.1) is 25.6 Å². The molecule has 0 radical (unpaired) electrons. The predicted octanol–water partition coefficient (Wildman–Crippen LogP) is 1.07. The maximum absolute atomic E-state index is 13.1. The second kappa shape index (κ2) is 6.47. The minimum Gasteiger partial charge on any atom is -0.481 e. The molecule has 0 saturated carbocycles. The topological polar surface area (TPSA) is 66.8 Å². The van der Waals surface area contributed by atoms with Crippen molar-refractivity contribution in [3.05, 3.63) is 35.6 Å². The third-order valence-electron chi connectivity index (χ3n) is 3.14. The summed E-state index contributed by atoms with van der Waals surface area (Å²) >= 11 is 0. The van der Waals surface area contributed by atoms with Gasteiger partial charge in [0.2, 0.25) is 5.91 Å². The summed E-state index contributed by atoms with van der Waals surface area (Å²) in [6, 6.07) is 5.90. The van der Waals surface area contributed by atoms with Crippen LogP contribution in [-0.2, 0) is 20.7 Å². The number of carboxylic acid groups (broad SMARTS) is 1. The molecule has 1 aliphatic heterocycles. The second-order valence-electron chi connectivity index (χ2n) is 4.74. The molecule has 1 N–H and O–H groups in total. The molecule has 1 aromatic rings.